The Labute approximate surface area is 210 Å². The first-order valence-electron chi connectivity index (χ1n) is 13.1. The van der Waals surface area contributed by atoms with E-state index in [0.717, 1.165) is 4.48 Å². The molecule has 0 bridgehead atoms. The van der Waals surface area contributed by atoms with Gasteiger partial charge in [-0.1, -0.05) is 84.0 Å². The number of hydrogen-bond acceptors (Lipinski definition) is 0. The Morgan fingerprint density at radius 2 is 0.657 bits per heavy atom. The number of unbranched alkanes of at least 4 members (excludes halogenated alkanes) is 13. The fraction of sp³-hybridized carbons (Fsp3) is 1.00. The molecule has 0 aliphatic carbocycles. The molecule has 35 heavy (non-hydrogen) atoms. The van der Waals surface area contributed by atoms with Crippen molar-refractivity contribution < 1.29 is 43.5 Å². The maximum atomic E-state index is 9.75. The summed E-state index contributed by atoms with van der Waals surface area (Å²) in [6.07, 6.45) is 20.3. The summed E-state index contributed by atoms with van der Waals surface area (Å²) < 4.78 is 80.3. The van der Waals surface area contributed by atoms with E-state index in [0.29, 0.717) is 0 Å². The van der Waals surface area contributed by atoms with E-state index in [9.17, 15) is 34.5 Å². The highest BCUT2D eigenvalue weighted by Crippen LogP contribution is 2.13. The molecule has 0 amide bonds. The summed E-state index contributed by atoms with van der Waals surface area (Å²) in [4.78, 5) is 0. The third-order valence-corrected chi connectivity index (χ3v) is 5.49. The zero-order valence-corrected chi connectivity index (χ0v) is 23.1. The van der Waals surface area contributed by atoms with Crippen molar-refractivity contribution in [1.82, 2.24) is 0 Å². The van der Waals surface area contributed by atoms with Gasteiger partial charge >= 0.3 is 14.5 Å². The minimum absolute atomic E-state index is 1.08. The van der Waals surface area contributed by atoms with Crippen LogP contribution in [0, 0.1) is 0 Å². The Morgan fingerprint density at radius 1 is 0.400 bits per heavy atom. The molecule has 2 nitrogen and oxygen atoms in total. The highest BCUT2D eigenvalue weighted by molar-refractivity contribution is 6.50. The second kappa shape index (κ2) is 21.6. The van der Waals surface area contributed by atoms with E-state index in [1.54, 1.807) is 0 Å². The molecule has 0 aromatic carbocycles. The third kappa shape index (κ3) is 60.2. The van der Waals surface area contributed by atoms with E-state index in [1.807, 2.05) is 0 Å². The van der Waals surface area contributed by atoms with Crippen LogP contribution in [-0.2, 0) is 0 Å². The molecule has 0 saturated heterocycles. The van der Waals surface area contributed by atoms with Crippen LogP contribution in [0.5, 0.6) is 0 Å². The van der Waals surface area contributed by atoms with Gasteiger partial charge in [-0.05, 0) is 12.8 Å². The number of likely N-dealkylation sites (N-methyl/N-ethyl adjacent to an activating group) is 2. The Hall–Kier alpha value is -0.510. The average molecular weight is 530 g/mol. The Bertz CT molecular complexity index is 430. The first kappa shape index (κ1) is 39.0. The number of halogens is 8. The molecule has 0 aliphatic heterocycles. The van der Waals surface area contributed by atoms with Crippen LogP contribution < -0.4 is 0 Å². The molecular weight excluding hydrogens is 478 g/mol. The molecule has 0 aromatic rings. The largest absolute Gasteiger partial charge is 0.673 e. The van der Waals surface area contributed by atoms with E-state index in [4.69, 9.17) is 0 Å². The van der Waals surface area contributed by atoms with E-state index >= 15 is 0 Å². The van der Waals surface area contributed by atoms with Gasteiger partial charge < -0.3 is 43.5 Å². The summed E-state index contributed by atoms with van der Waals surface area (Å²) in [5.41, 5.74) is 0. The van der Waals surface area contributed by atoms with Crippen molar-refractivity contribution in [2.24, 2.45) is 0 Å². The molecule has 0 N–H and O–H groups in total. The van der Waals surface area contributed by atoms with Gasteiger partial charge in [0, 0.05) is 0 Å². The van der Waals surface area contributed by atoms with Crippen molar-refractivity contribution in [3.05, 3.63) is 0 Å². The molecule has 0 atom stereocenters. The Balaban J connectivity index is -0.000000853. The Kier molecular flexibility index (Phi) is 24.0. The SMILES string of the molecule is CCCCCCCCCCCCCCCC[N+](C)(C)CC[N+](C)(C)C.F[B-](F)(F)F.F[B-](F)(F)F. The number of quaternary nitrogens is 2. The van der Waals surface area contributed by atoms with Crippen LogP contribution in [0.15, 0.2) is 0 Å². The van der Waals surface area contributed by atoms with Crippen LogP contribution in [-0.4, -0.2) is 78.3 Å². The first-order valence-corrected chi connectivity index (χ1v) is 13.1. The lowest BCUT2D eigenvalue weighted by Gasteiger charge is -2.33. The molecule has 0 aromatic heterocycles. The van der Waals surface area contributed by atoms with Crippen LogP contribution in [0.1, 0.15) is 96.8 Å². The summed E-state index contributed by atoms with van der Waals surface area (Å²) in [5.74, 6) is 0. The smallest absolute Gasteiger partial charge is 0.418 e. The van der Waals surface area contributed by atoms with Gasteiger partial charge in [0.05, 0.1) is 41.8 Å². The molecule has 0 rings (SSSR count). The van der Waals surface area contributed by atoms with Gasteiger partial charge in [0.1, 0.15) is 13.1 Å². The van der Waals surface area contributed by atoms with Gasteiger partial charge in [0.15, 0.2) is 0 Å². The average Bonchev–Trinajstić information content (AvgIpc) is 2.64. The summed E-state index contributed by atoms with van der Waals surface area (Å²) in [5, 5.41) is 0. The molecule has 0 unspecified atom stereocenters. The van der Waals surface area contributed by atoms with Crippen molar-refractivity contribution in [2.75, 3.05) is 54.9 Å². The number of rotatable bonds is 18. The van der Waals surface area contributed by atoms with Gasteiger partial charge in [-0.25, -0.2) is 0 Å². The maximum Gasteiger partial charge on any atom is 0.673 e. The van der Waals surface area contributed by atoms with Crippen LogP contribution in [0.2, 0.25) is 0 Å². The number of hydrogen-bond donors (Lipinski definition) is 0. The topological polar surface area (TPSA) is 0 Å². The van der Waals surface area contributed by atoms with Gasteiger partial charge in [0.25, 0.3) is 0 Å². The van der Waals surface area contributed by atoms with Crippen molar-refractivity contribution in [3.63, 3.8) is 0 Å². The van der Waals surface area contributed by atoms with Gasteiger partial charge in [-0.3, -0.25) is 0 Å². The van der Waals surface area contributed by atoms with E-state index in [2.05, 4.69) is 42.2 Å². The number of nitrogens with zero attached hydrogens (tertiary/aromatic N) is 2. The summed E-state index contributed by atoms with van der Waals surface area (Å²) >= 11 is 0. The Morgan fingerprint density at radius 3 is 0.914 bits per heavy atom. The fourth-order valence-corrected chi connectivity index (χ4v) is 3.42. The lowest BCUT2D eigenvalue weighted by molar-refractivity contribution is -0.937. The van der Waals surface area contributed by atoms with Crippen molar-refractivity contribution in [3.8, 4) is 0 Å². The molecule has 0 saturated carbocycles. The zero-order chi connectivity index (χ0) is 28.0. The van der Waals surface area contributed by atoms with Crippen LogP contribution in [0.3, 0.4) is 0 Å². The summed E-state index contributed by atoms with van der Waals surface area (Å²) in [6.45, 7) is 6.21. The molecule has 0 spiro atoms. The minimum atomic E-state index is -6.00. The fourth-order valence-electron chi connectivity index (χ4n) is 3.42. The van der Waals surface area contributed by atoms with E-state index in [1.165, 1.54) is 114 Å². The predicted molar refractivity (Wildman–Crippen MR) is 135 cm³/mol. The van der Waals surface area contributed by atoms with Crippen molar-refractivity contribution in [2.45, 2.75) is 96.8 Å². The van der Waals surface area contributed by atoms with E-state index < -0.39 is 14.5 Å². The van der Waals surface area contributed by atoms with Gasteiger partial charge in [-0.15, -0.1) is 0 Å². The second-order valence-corrected chi connectivity index (χ2v) is 11.0. The zero-order valence-electron chi connectivity index (χ0n) is 23.1. The predicted octanol–water partition coefficient (Wildman–Crippen LogP) is 8.85. The molecule has 12 heteroatoms. The van der Waals surface area contributed by atoms with Crippen LogP contribution >= 0.6 is 0 Å². The van der Waals surface area contributed by atoms with Crippen molar-refractivity contribution >= 4 is 14.5 Å². The molecule has 0 radical (unpaired) electrons. The third-order valence-electron chi connectivity index (χ3n) is 5.49. The van der Waals surface area contributed by atoms with E-state index in [-0.39, 0.29) is 0 Å². The van der Waals surface area contributed by atoms with Crippen LogP contribution in [0.4, 0.5) is 34.5 Å². The highest BCUT2D eigenvalue weighted by Gasteiger charge is 2.21. The molecule has 216 valence electrons. The molecule has 0 heterocycles. The summed E-state index contributed by atoms with van der Waals surface area (Å²) in [7, 11) is -0.304. The van der Waals surface area contributed by atoms with Gasteiger partial charge in [-0.2, -0.15) is 0 Å². The maximum absolute atomic E-state index is 9.75. The highest BCUT2D eigenvalue weighted by atomic mass is 19.5. The lowest BCUT2D eigenvalue weighted by atomic mass is 10.0. The second-order valence-electron chi connectivity index (χ2n) is 11.0. The normalized spacial score (nSPS) is 12.5. The molecular formula is C23H52B2F8N2. The first-order chi connectivity index (χ1) is 15.8. The monoisotopic (exact) mass is 530 g/mol. The molecule has 0 fully saturated rings. The van der Waals surface area contributed by atoms with Gasteiger partial charge in [0.2, 0.25) is 0 Å². The minimum Gasteiger partial charge on any atom is -0.418 e. The quantitative estimate of drug-likeness (QED) is 0.0719. The standard InChI is InChI=1S/C23H52N2.2BF4/c1-7-8-9-10-11-12-13-14-15-16-17-18-19-20-21-25(5,6)23-22-24(2,3)4;2*2-1(3,4)5/h7-23H2,1-6H3;;/q+2;2*-1. The van der Waals surface area contributed by atoms with Crippen LogP contribution in [0.25, 0.3) is 0 Å². The summed E-state index contributed by atoms with van der Waals surface area (Å²) in [6, 6.07) is 0. The molecule has 0 aliphatic rings. The van der Waals surface area contributed by atoms with Crippen molar-refractivity contribution in [1.29, 1.82) is 0 Å². The lowest BCUT2D eigenvalue weighted by Crippen LogP contribution is -2.49.